The Kier molecular flexibility index (Phi) is 5.39. The number of hydrogen-bond donors (Lipinski definition) is 3. The molecule has 1 unspecified atom stereocenters. The standard InChI is InChI=1S/C18H19ClN4O3/c1-23-17(25)14-10-12(16(24)22-26)4-7-15(14)21-18(23)20-9-8-11-2-5-13(19)6-3-11/h2-7,14,26H,8-10H2,1H3,(H,20,21)(H,22,24). The summed E-state index contributed by atoms with van der Waals surface area (Å²) in [6, 6.07) is 7.57. The Bertz CT molecular complexity index is 814. The summed E-state index contributed by atoms with van der Waals surface area (Å²) in [6.07, 6.45) is 4.23. The van der Waals surface area contributed by atoms with Crippen LogP contribution in [0.25, 0.3) is 0 Å². The van der Waals surface area contributed by atoms with E-state index in [2.05, 4.69) is 10.3 Å². The number of allylic oxidation sites excluding steroid dienone is 2. The zero-order valence-electron chi connectivity index (χ0n) is 14.2. The van der Waals surface area contributed by atoms with Gasteiger partial charge in [-0.1, -0.05) is 29.8 Å². The van der Waals surface area contributed by atoms with Crippen LogP contribution in [0.15, 0.2) is 52.7 Å². The fraction of sp³-hybridized carbons (Fsp3) is 0.278. The number of fused-ring (bicyclic) bond motifs is 1. The second-order valence-corrected chi connectivity index (χ2v) is 6.55. The number of carbonyl (C=O) groups excluding carboxylic acids is 2. The van der Waals surface area contributed by atoms with Crippen molar-refractivity contribution in [1.29, 1.82) is 0 Å². The highest BCUT2D eigenvalue weighted by atomic mass is 35.5. The molecule has 3 N–H and O–H groups in total. The molecule has 1 atom stereocenters. The number of guanidine groups is 1. The molecule has 26 heavy (non-hydrogen) atoms. The summed E-state index contributed by atoms with van der Waals surface area (Å²) in [4.78, 5) is 30.1. The maximum Gasteiger partial charge on any atom is 0.270 e. The van der Waals surface area contributed by atoms with Gasteiger partial charge in [0.05, 0.1) is 5.92 Å². The molecule has 3 rings (SSSR count). The van der Waals surface area contributed by atoms with Gasteiger partial charge in [0.15, 0.2) is 0 Å². The van der Waals surface area contributed by atoms with Crippen LogP contribution in [0, 0.1) is 5.92 Å². The second-order valence-electron chi connectivity index (χ2n) is 6.12. The zero-order valence-corrected chi connectivity index (χ0v) is 15.0. The first-order valence-electron chi connectivity index (χ1n) is 8.18. The Labute approximate surface area is 156 Å². The summed E-state index contributed by atoms with van der Waals surface area (Å²) in [5.74, 6) is -0.739. The van der Waals surface area contributed by atoms with Gasteiger partial charge in [-0.2, -0.15) is 0 Å². The highest BCUT2D eigenvalue weighted by Crippen LogP contribution is 2.28. The van der Waals surface area contributed by atoms with Crippen LogP contribution in [0.4, 0.5) is 0 Å². The van der Waals surface area contributed by atoms with Crippen molar-refractivity contribution in [1.82, 2.24) is 15.7 Å². The highest BCUT2D eigenvalue weighted by Gasteiger charge is 2.37. The molecule has 0 radical (unpaired) electrons. The van der Waals surface area contributed by atoms with Gasteiger partial charge in [-0.05, 0) is 36.6 Å². The van der Waals surface area contributed by atoms with Crippen molar-refractivity contribution in [2.75, 3.05) is 13.6 Å². The lowest BCUT2D eigenvalue weighted by molar-refractivity contribution is -0.130. The molecule has 1 aromatic rings. The molecule has 8 heteroatoms. The Hall–Kier alpha value is -2.64. The maximum absolute atomic E-state index is 12.6. The van der Waals surface area contributed by atoms with E-state index >= 15 is 0 Å². The zero-order chi connectivity index (χ0) is 18.7. The number of hydrogen-bond acceptors (Lipinski definition) is 4. The molecule has 1 fully saturated rings. The van der Waals surface area contributed by atoms with E-state index < -0.39 is 11.8 Å². The van der Waals surface area contributed by atoms with Crippen LogP contribution in [-0.2, 0) is 16.0 Å². The molecule has 2 amide bonds. The molecule has 0 saturated carbocycles. The molecular formula is C18H19ClN4O3. The number of aliphatic imine (C=N–C) groups is 1. The SMILES string of the molecule is CN1C(=O)C2CC(C(=O)NO)=CC=C2NC1=NCCc1ccc(Cl)cc1. The lowest BCUT2D eigenvalue weighted by Crippen LogP contribution is -2.53. The van der Waals surface area contributed by atoms with E-state index in [1.54, 1.807) is 24.7 Å². The topological polar surface area (TPSA) is 94.0 Å². The van der Waals surface area contributed by atoms with Crippen molar-refractivity contribution in [3.8, 4) is 0 Å². The minimum absolute atomic E-state index is 0.142. The number of carbonyl (C=O) groups is 2. The van der Waals surface area contributed by atoms with Crippen LogP contribution in [0.3, 0.4) is 0 Å². The highest BCUT2D eigenvalue weighted by molar-refractivity contribution is 6.30. The lowest BCUT2D eigenvalue weighted by atomic mass is 9.88. The Balaban J connectivity index is 1.71. The van der Waals surface area contributed by atoms with Gasteiger partial charge in [0.2, 0.25) is 11.9 Å². The molecule has 136 valence electrons. The van der Waals surface area contributed by atoms with E-state index in [-0.39, 0.29) is 12.3 Å². The average molecular weight is 375 g/mol. The molecule has 2 aliphatic rings. The molecule has 0 aromatic heterocycles. The lowest BCUT2D eigenvalue weighted by Gasteiger charge is -2.35. The van der Waals surface area contributed by atoms with E-state index in [4.69, 9.17) is 16.8 Å². The van der Waals surface area contributed by atoms with Gasteiger partial charge in [0, 0.05) is 29.9 Å². The first-order chi connectivity index (χ1) is 12.5. The third-order valence-corrected chi connectivity index (χ3v) is 4.69. The molecule has 7 nitrogen and oxygen atoms in total. The molecule has 1 aliphatic carbocycles. The van der Waals surface area contributed by atoms with E-state index in [0.717, 1.165) is 12.0 Å². The third-order valence-electron chi connectivity index (χ3n) is 4.43. The van der Waals surface area contributed by atoms with Crippen LogP contribution in [0.2, 0.25) is 5.02 Å². The normalized spacial score (nSPS) is 20.9. The first-order valence-corrected chi connectivity index (χ1v) is 8.56. The summed E-state index contributed by atoms with van der Waals surface area (Å²) < 4.78 is 0. The van der Waals surface area contributed by atoms with Gasteiger partial charge in [-0.3, -0.25) is 24.7 Å². The summed E-state index contributed by atoms with van der Waals surface area (Å²) in [6.45, 7) is 0.521. The number of amides is 2. The third kappa shape index (κ3) is 3.79. The van der Waals surface area contributed by atoms with Crippen LogP contribution < -0.4 is 10.8 Å². The smallest absolute Gasteiger partial charge is 0.270 e. The minimum Gasteiger partial charge on any atom is -0.329 e. The van der Waals surface area contributed by atoms with Crippen molar-refractivity contribution in [2.45, 2.75) is 12.8 Å². The van der Waals surface area contributed by atoms with Gasteiger partial charge < -0.3 is 5.32 Å². The van der Waals surface area contributed by atoms with E-state index in [0.29, 0.717) is 28.8 Å². The molecule has 1 aliphatic heterocycles. The van der Waals surface area contributed by atoms with Gasteiger partial charge >= 0.3 is 0 Å². The monoisotopic (exact) mass is 374 g/mol. The van der Waals surface area contributed by atoms with Crippen LogP contribution in [0.1, 0.15) is 12.0 Å². The minimum atomic E-state index is -0.599. The van der Waals surface area contributed by atoms with E-state index in [1.165, 1.54) is 4.90 Å². The fourth-order valence-electron chi connectivity index (χ4n) is 2.93. The summed E-state index contributed by atoms with van der Waals surface area (Å²) >= 11 is 5.88. The maximum atomic E-state index is 12.6. The van der Waals surface area contributed by atoms with Gasteiger partial charge in [-0.25, -0.2) is 5.48 Å². The summed E-state index contributed by atoms with van der Waals surface area (Å²) in [5, 5.41) is 12.6. The van der Waals surface area contributed by atoms with Crippen LogP contribution in [-0.4, -0.2) is 41.5 Å². The number of benzene rings is 1. The fourth-order valence-corrected chi connectivity index (χ4v) is 3.06. The Morgan fingerprint density at radius 1 is 1.38 bits per heavy atom. The predicted molar refractivity (Wildman–Crippen MR) is 97.6 cm³/mol. The second kappa shape index (κ2) is 7.72. The van der Waals surface area contributed by atoms with Gasteiger partial charge in [-0.15, -0.1) is 0 Å². The van der Waals surface area contributed by atoms with Crippen LogP contribution >= 0.6 is 11.6 Å². The van der Waals surface area contributed by atoms with Crippen molar-refractivity contribution in [2.24, 2.45) is 10.9 Å². The molecule has 0 bridgehead atoms. The Morgan fingerprint density at radius 3 is 2.81 bits per heavy atom. The van der Waals surface area contributed by atoms with Crippen molar-refractivity contribution in [3.63, 3.8) is 0 Å². The predicted octanol–water partition coefficient (Wildman–Crippen LogP) is 1.64. The van der Waals surface area contributed by atoms with Crippen molar-refractivity contribution < 1.29 is 14.8 Å². The average Bonchev–Trinajstić information content (AvgIpc) is 2.66. The number of nitrogens with zero attached hydrogens (tertiary/aromatic N) is 2. The molecule has 0 spiro atoms. The van der Waals surface area contributed by atoms with Gasteiger partial charge in [0.25, 0.3) is 5.91 Å². The van der Waals surface area contributed by atoms with Crippen molar-refractivity contribution >= 4 is 29.4 Å². The number of hydroxylamine groups is 1. The van der Waals surface area contributed by atoms with E-state index in [9.17, 15) is 9.59 Å². The molecule has 1 aromatic carbocycles. The molecule has 1 heterocycles. The Morgan fingerprint density at radius 2 is 2.12 bits per heavy atom. The van der Waals surface area contributed by atoms with Crippen LogP contribution in [0.5, 0.6) is 0 Å². The summed E-state index contributed by atoms with van der Waals surface area (Å²) in [7, 11) is 1.65. The first kappa shape index (κ1) is 18.2. The summed E-state index contributed by atoms with van der Waals surface area (Å²) in [5.41, 5.74) is 3.77. The van der Waals surface area contributed by atoms with Crippen molar-refractivity contribution in [3.05, 3.63) is 58.3 Å². The molecular weight excluding hydrogens is 356 g/mol. The number of rotatable bonds is 4. The molecule has 1 saturated heterocycles. The number of nitrogens with one attached hydrogen (secondary N) is 2. The largest absolute Gasteiger partial charge is 0.329 e. The van der Waals surface area contributed by atoms with Gasteiger partial charge in [0.1, 0.15) is 0 Å². The number of halogens is 1. The quantitative estimate of drug-likeness (QED) is 0.551. The van der Waals surface area contributed by atoms with E-state index in [1.807, 2.05) is 24.3 Å².